The van der Waals surface area contributed by atoms with Gasteiger partial charge in [-0.25, -0.2) is 9.97 Å². The van der Waals surface area contributed by atoms with Gasteiger partial charge in [-0.1, -0.05) is 36.0 Å². The number of aromatic nitrogens is 3. The Bertz CT molecular complexity index is 1360. The number of nitrogens with zero attached hydrogens (tertiary/aromatic N) is 4. The van der Waals surface area contributed by atoms with Gasteiger partial charge in [-0.05, 0) is 44.0 Å². The summed E-state index contributed by atoms with van der Waals surface area (Å²) in [5.41, 5.74) is 1.50. The zero-order valence-electron chi connectivity index (χ0n) is 19.1. The monoisotopic (exact) mass is 494 g/mol. The van der Waals surface area contributed by atoms with Gasteiger partial charge in [-0.2, -0.15) is 0 Å². The fourth-order valence-electron chi connectivity index (χ4n) is 4.09. The summed E-state index contributed by atoms with van der Waals surface area (Å²) in [6, 6.07) is 15.2. The standard InChI is InChI=1S/C25H26N4O3S2/c1-16(23-26-20-11-5-6-12-21(20)34-23)28(2)22(30)15-33-25-27-19-10-4-3-9-18(19)24(31)29(25)14-17-8-7-13-32-17/h3-6,9-12,16-17H,7-8,13-15H2,1-2H3/t16-,17+/m1/s1. The fourth-order valence-corrected chi connectivity index (χ4v) is 6.08. The Morgan fingerprint density at radius 2 is 1.97 bits per heavy atom. The Kier molecular flexibility index (Phi) is 6.67. The van der Waals surface area contributed by atoms with Gasteiger partial charge in [0.05, 0.1) is 45.6 Å². The van der Waals surface area contributed by atoms with Crippen molar-refractivity contribution in [2.45, 2.75) is 43.6 Å². The van der Waals surface area contributed by atoms with Crippen molar-refractivity contribution in [1.29, 1.82) is 0 Å². The van der Waals surface area contributed by atoms with Crippen LogP contribution in [0.4, 0.5) is 0 Å². The molecule has 0 bridgehead atoms. The molecule has 0 unspecified atom stereocenters. The fraction of sp³-hybridized carbons (Fsp3) is 0.360. The predicted octanol–water partition coefficient (Wildman–Crippen LogP) is 4.50. The lowest BCUT2D eigenvalue weighted by Gasteiger charge is -2.23. The number of hydrogen-bond donors (Lipinski definition) is 0. The summed E-state index contributed by atoms with van der Waals surface area (Å²) in [4.78, 5) is 37.5. The second-order valence-electron chi connectivity index (χ2n) is 8.45. The Hall–Kier alpha value is -2.75. The number of para-hydroxylation sites is 2. The third kappa shape index (κ3) is 4.60. The van der Waals surface area contributed by atoms with E-state index in [9.17, 15) is 9.59 Å². The van der Waals surface area contributed by atoms with Crippen molar-refractivity contribution >= 4 is 50.1 Å². The van der Waals surface area contributed by atoms with Crippen LogP contribution in [-0.4, -0.2) is 50.9 Å². The molecule has 0 N–H and O–H groups in total. The van der Waals surface area contributed by atoms with Gasteiger partial charge in [0.25, 0.3) is 5.56 Å². The lowest BCUT2D eigenvalue weighted by molar-refractivity contribution is -0.128. The van der Waals surface area contributed by atoms with Crippen LogP contribution in [0.3, 0.4) is 0 Å². The number of benzene rings is 2. The molecule has 0 saturated carbocycles. The van der Waals surface area contributed by atoms with Crippen molar-refractivity contribution in [2.24, 2.45) is 0 Å². The van der Waals surface area contributed by atoms with Crippen LogP contribution in [0.15, 0.2) is 58.5 Å². The quantitative estimate of drug-likeness (QED) is 0.278. The summed E-state index contributed by atoms with van der Waals surface area (Å²) >= 11 is 2.91. The second-order valence-corrected chi connectivity index (χ2v) is 10.5. The number of amides is 1. The van der Waals surface area contributed by atoms with E-state index in [-0.39, 0.29) is 29.4 Å². The average Bonchev–Trinajstić information content (AvgIpc) is 3.53. The molecule has 1 amide bonds. The molecule has 9 heteroatoms. The topological polar surface area (TPSA) is 77.3 Å². The third-order valence-corrected chi connectivity index (χ3v) is 8.37. The van der Waals surface area contributed by atoms with E-state index in [4.69, 9.17) is 14.7 Å². The molecule has 34 heavy (non-hydrogen) atoms. The van der Waals surface area contributed by atoms with Crippen LogP contribution in [0.2, 0.25) is 0 Å². The molecular formula is C25H26N4O3S2. The van der Waals surface area contributed by atoms with Crippen LogP contribution in [0.25, 0.3) is 21.1 Å². The van der Waals surface area contributed by atoms with E-state index in [2.05, 4.69) is 0 Å². The van der Waals surface area contributed by atoms with E-state index in [0.717, 1.165) is 34.7 Å². The number of thiazole rings is 1. The van der Waals surface area contributed by atoms with Gasteiger partial charge < -0.3 is 9.64 Å². The molecule has 4 aromatic rings. The number of ether oxygens (including phenoxy) is 1. The van der Waals surface area contributed by atoms with Crippen molar-refractivity contribution in [3.8, 4) is 0 Å². The average molecular weight is 495 g/mol. The number of carbonyl (C=O) groups is 1. The van der Waals surface area contributed by atoms with E-state index in [1.165, 1.54) is 11.8 Å². The SMILES string of the molecule is C[C@H](c1nc2ccccc2s1)N(C)C(=O)CSc1nc2ccccc2c(=O)n1C[C@@H]1CCCO1. The maximum Gasteiger partial charge on any atom is 0.262 e. The first-order valence-corrected chi connectivity index (χ1v) is 13.2. The predicted molar refractivity (Wildman–Crippen MR) is 137 cm³/mol. The molecule has 2 atom stereocenters. The maximum absolute atomic E-state index is 13.2. The number of carbonyl (C=O) groups excluding carboxylic acids is 1. The van der Waals surface area contributed by atoms with Crippen LogP contribution >= 0.6 is 23.1 Å². The highest BCUT2D eigenvalue weighted by atomic mass is 32.2. The maximum atomic E-state index is 13.2. The number of rotatable bonds is 7. The van der Waals surface area contributed by atoms with Gasteiger partial charge in [0, 0.05) is 13.7 Å². The number of thioether (sulfide) groups is 1. The molecule has 1 fully saturated rings. The lowest BCUT2D eigenvalue weighted by atomic mass is 10.2. The van der Waals surface area contributed by atoms with Crippen molar-refractivity contribution in [1.82, 2.24) is 19.4 Å². The van der Waals surface area contributed by atoms with E-state index >= 15 is 0 Å². The van der Waals surface area contributed by atoms with Crippen LogP contribution in [0.1, 0.15) is 30.8 Å². The second kappa shape index (κ2) is 9.85. The Labute approximate surface area is 205 Å². The Balaban J connectivity index is 1.35. The highest BCUT2D eigenvalue weighted by Gasteiger charge is 2.23. The Morgan fingerprint density at radius 1 is 1.21 bits per heavy atom. The van der Waals surface area contributed by atoms with E-state index in [0.29, 0.717) is 22.6 Å². The molecule has 0 aliphatic carbocycles. The van der Waals surface area contributed by atoms with Gasteiger partial charge in [-0.3, -0.25) is 14.2 Å². The van der Waals surface area contributed by atoms with Crippen LogP contribution in [-0.2, 0) is 16.1 Å². The van der Waals surface area contributed by atoms with Crippen molar-refractivity contribution in [2.75, 3.05) is 19.4 Å². The minimum absolute atomic E-state index is 0.00237. The van der Waals surface area contributed by atoms with Crippen molar-refractivity contribution < 1.29 is 9.53 Å². The van der Waals surface area contributed by atoms with Crippen LogP contribution < -0.4 is 5.56 Å². The number of hydrogen-bond acceptors (Lipinski definition) is 7. The minimum atomic E-state index is -0.149. The number of fused-ring (bicyclic) bond motifs is 2. The normalized spacial score (nSPS) is 16.8. The molecule has 1 aliphatic heterocycles. The van der Waals surface area contributed by atoms with E-state index in [1.807, 2.05) is 49.4 Å². The molecule has 1 saturated heterocycles. The summed E-state index contributed by atoms with van der Waals surface area (Å²) in [7, 11) is 1.80. The first kappa shape index (κ1) is 23.0. The van der Waals surface area contributed by atoms with Crippen LogP contribution in [0, 0.1) is 0 Å². The zero-order valence-corrected chi connectivity index (χ0v) is 20.8. The van der Waals surface area contributed by atoms with Gasteiger partial charge in [0.2, 0.25) is 5.91 Å². The summed E-state index contributed by atoms with van der Waals surface area (Å²) in [6.45, 7) is 3.16. The smallest absolute Gasteiger partial charge is 0.262 e. The summed E-state index contributed by atoms with van der Waals surface area (Å²) < 4.78 is 8.55. The minimum Gasteiger partial charge on any atom is -0.376 e. The van der Waals surface area contributed by atoms with E-state index in [1.54, 1.807) is 33.9 Å². The zero-order chi connectivity index (χ0) is 23.7. The molecule has 0 radical (unpaired) electrons. The third-order valence-electron chi connectivity index (χ3n) is 6.20. The molecule has 0 spiro atoms. The van der Waals surface area contributed by atoms with Gasteiger partial charge in [0.1, 0.15) is 5.01 Å². The van der Waals surface area contributed by atoms with Gasteiger partial charge >= 0.3 is 0 Å². The van der Waals surface area contributed by atoms with Gasteiger partial charge in [-0.15, -0.1) is 11.3 Å². The molecule has 7 nitrogen and oxygen atoms in total. The molecule has 3 heterocycles. The molecular weight excluding hydrogens is 468 g/mol. The summed E-state index contributed by atoms with van der Waals surface area (Å²) in [5.74, 6) is 0.144. The van der Waals surface area contributed by atoms with E-state index < -0.39 is 0 Å². The molecule has 2 aromatic heterocycles. The van der Waals surface area contributed by atoms with Crippen LogP contribution in [0.5, 0.6) is 0 Å². The largest absolute Gasteiger partial charge is 0.376 e. The highest BCUT2D eigenvalue weighted by molar-refractivity contribution is 7.99. The summed E-state index contributed by atoms with van der Waals surface area (Å²) in [6.07, 6.45) is 1.91. The van der Waals surface area contributed by atoms with Crippen molar-refractivity contribution in [3.63, 3.8) is 0 Å². The summed E-state index contributed by atoms with van der Waals surface area (Å²) in [5, 5.41) is 2.03. The first-order chi connectivity index (χ1) is 16.5. The Morgan fingerprint density at radius 3 is 2.74 bits per heavy atom. The highest BCUT2D eigenvalue weighted by Crippen LogP contribution is 2.29. The lowest BCUT2D eigenvalue weighted by Crippen LogP contribution is -2.32. The van der Waals surface area contributed by atoms with Crippen molar-refractivity contribution in [3.05, 3.63) is 63.9 Å². The molecule has 5 rings (SSSR count). The van der Waals surface area contributed by atoms with Gasteiger partial charge in [0.15, 0.2) is 5.16 Å². The molecule has 1 aliphatic rings. The molecule has 2 aromatic carbocycles. The molecule has 176 valence electrons. The first-order valence-electron chi connectivity index (χ1n) is 11.4.